The van der Waals surface area contributed by atoms with Gasteiger partial charge in [0, 0.05) is 13.1 Å². The number of hydrogen-bond donors (Lipinski definition) is 1. The van der Waals surface area contributed by atoms with Crippen LogP contribution in [0.4, 0.5) is 0 Å². The molecule has 0 aromatic carbocycles. The first kappa shape index (κ1) is 22.6. The van der Waals surface area contributed by atoms with Crippen molar-refractivity contribution in [2.75, 3.05) is 13.1 Å². The molecule has 0 aromatic rings. The van der Waals surface area contributed by atoms with E-state index in [1.165, 1.54) is 0 Å². The van der Waals surface area contributed by atoms with Crippen molar-refractivity contribution in [3.63, 3.8) is 0 Å². The first-order valence-electron chi connectivity index (χ1n) is 6.86. The van der Waals surface area contributed by atoms with Gasteiger partial charge in [-0.05, 0) is 11.1 Å². The van der Waals surface area contributed by atoms with Crippen LogP contribution in [0.15, 0.2) is 73.9 Å². The average Bonchev–Trinajstić information content (AvgIpc) is 2.48. The summed E-state index contributed by atoms with van der Waals surface area (Å²) in [7, 11) is 0. The summed E-state index contributed by atoms with van der Waals surface area (Å²) in [6.45, 7) is 24.4. The van der Waals surface area contributed by atoms with Gasteiger partial charge in [-0.25, -0.2) is 0 Å². The van der Waals surface area contributed by atoms with Gasteiger partial charge in [-0.1, -0.05) is 90.5 Å². The summed E-state index contributed by atoms with van der Waals surface area (Å²) in [5.74, 6) is 0. The Morgan fingerprint density at radius 2 is 1.53 bits per heavy atom. The van der Waals surface area contributed by atoms with Crippen LogP contribution in [0, 0.1) is 0 Å². The smallest absolute Gasteiger partial charge is 0.0208 e. The minimum Gasteiger partial charge on any atom is -0.309 e. The summed E-state index contributed by atoms with van der Waals surface area (Å²) in [6, 6.07) is 0. The molecule has 0 aromatic heterocycles. The van der Waals surface area contributed by atoms with Crippen LogP contribution in [0.3, 0.4) is 0 Å². The molecule has 0 radical (unpaired) electrons. The Morgan fingerprint density at radius 1 is 0.947 bits per heavy atom. The highest BCUT2D eigenvalue weighted by molar-refractivity contribution is 5.24. The molecule has 19 heavy (non-hydrogen) atoms. The first-order valence-corrected chi connectivity index (χ1v) is 6.86. The van der Waals surface area contributed by atoms with Crippen LogP contribution in [0.5, 0.6) is 0 Å². The summed E-state index contributed by atoms with van der Waals surface area (Å²) in [6.07, 6.45) is 11.0. The van der Waals surface area contributed by atoms with Gasteiger partial charge < -0.3 is 5.32 Å². The van der Waals surface area contributed by atoms with Crippen LogP contribution >= 0.6 is 0 Å². The maximum Gasteiger partial charge on any atom is 0.0208 e. The lowest BCUT2D eigenvalue weighted by atomic mass is 10.2. The maximum atomic E-state index is 3.90. The second kappa shape index (κ2) is 21.7. The monoisotopic (exact) mass is 261 g/mol. The average molecular weight is 261 g/mol. The van der Waals surface area contributed by atoms with Crippen LogP contribution in [0.25, 0.3) is 0 Å². The predicted octanol–water partition coefficient (Wildman–Crippen LogP) is 5.23. The van der Waals surface area contributed by atoms with Crippen molar-refractivity contribution in [2.45, 2.75) is 27.7 Å². The lowest BCUT2D eigenvalue weighted by Gasteiger charge is -2.04. The van der Waals surface area contributed by atoms with Gasteiger partial charge in [0.25, 0.3) is 0 Å². The van der Waals surface area contributed by atoms with Crippen molar-refractivity contribution in [3.8, 4) is 0 Å². The zero-order valence-electron chi connectivity index (χ0n) is 13.2. The van der Waals surface area contributed by atoms with E-state index in [0.717, 1.165) is 24.2 Å². The molecule has 0 spiro atoms. The number of rotatable bonds is 8. The zero-order valence-corrected chi connectivity index (χ0v) is 13.2. The predicted molar refractivity (Wildman–Crippen MR) is 92.5 cm³/mol. The summed E-state index contributed by atoms with van der Waals surface area (Å²) in [5.41, 5.74) is 2.14. The van der Waals surface area contributed by atoms with Crippen LogP contribution < -0.4 is 5.32 Å². The molecule has 0 unspecified atom stereocenters. The molecule has 0 aliphatic heterocycles. The van der Waals surface area contributed by atoms with E-state index in [4.69, 9.17) is 0 Å². The number of allylic oxidation sites excluding steroid dienone is 4. The lowest BCUT2D eigenvalue weighted by Crippen LogP contribution is -2.18. The Hall–Kier alpha value is -1.60. The molecule has 0 aliphatic rings. The van der Waals surface area contributed by atoms with Gasteiger partial charge in [-0.3, -0.25) is 0 Å². The molecule has 1 heteroatoms. The van der Waals surface area contributed by atoms with Gasteiger partial charge in [0.2, 0.25) is 0 Å². The molecule has 108 valence electrons. The summed E-state index contributed by atoms with van der Waals surface area (Å²) < 4.78 is 0. The molecule has 1 nitrogen and oxygen atoms in total. The van der Waals surface area contributed by atoms with E-state index < -0.39 is 0 Å². The topological polar surface area (TPSA) is 12.0 Å². The van der Waals surface area contributed by atoms with Crippen molar-refractivity contribution in [1.82, 2.24) is 5.32 Å². The molecule has 0 aliphatic carbocycles. The van der Waals surface area contributed by atoms with Gasteiger partial charge in [0.1, 0.15) is 0 Å². The van der Waals surface area contributed by atoms with Crippen LogP contribution in [-0.2, 0) is 0 Å². The highest BCUT2D eigenvalue weighted by atomic mass is 14.8. The third-order valence-corrected chi connectivity index (χ3v) is 1.74. The molecule has 0 saturated carbocycles. The van der Waals surface area contributed by atoms with E-state index in [1.807, 2.05) is 52.0 Å². The van der Waals surface area contributed by atoms with Gasteiger partial charge in [0.15, 0.2) is 0 Å². The van der Waals surface area contributed by atoms with Crippen molar-refractivity contribution < 1.29 is 0 Å². The van der Waals surface area contributed by atoms with Crippen molar-refractivity contribution in [2.24, 2.45) is 0 Å². The standard InChI is InChI=1S/C14H19N.2C2H6/c1-5-8-10-13(4)11-15-12-14(7-3)9-6-2;2*1-2/h5-10,15H,1-4,11-12H2;2*1-2H3/b10-8-,14-9+;;. The van der Waals surface area contributed by atoms with Crippen LogP contribution in [0.1, 0.15) is 27.7 Å². The van der Waals surface area contributed by atoms with Gasteiger partial charge in [-0.15, -0.1) is 0 Å². The SMILES string of the molecule is C=C/C=C\C(=C)CNC/C(C=C)=C/C=C.CC.CC. The fraction of sp³-hybridized carbons (Fsp3) is 0.333. The Kier molecular flexibility index (Phi) is 25.7. The Morgan fingerprint density at radius 3 is 1.95 bits per heavy atom. The van der Waals surface area contributed by atoms with E-state index in [-0.39, 0.29) is 0 Å². The first-order chi connectivity index (χ1) is 9.24. The highest BCUT2D eigenvalue weighted by Gasteiger charge is 1.91. The van der Waals surface area contributed by atoms with Gasteiger partial charge in [-0.2, -0.15) is 0 Å². The third kappa shape index (κ3) is 18.9. The molecular weight excluding hydrogens is 230 g/mol. The van der Waals surface area contributed by atoms with E-state index in [0.29, 0.717) is 0 Å². The molecule has 0 amide bonds. The van der Waals surface area contributed by atoms with Crippen molar-refractivity contribution in [3.05, 3.63) is 73.9 Å². The van der Waals surface area contributed by atoms with E-state index in [9.17, 15) is 0 Å². The minimum atomic E-state index is 0.757. The number of hydrogen-bond acceptors (Lipinski definition) is 1. The molecular formula is C18H31N. The van der Waals surface area contributed by atoms with Crippen molar-refractivity contribution in [1.29, 1.82) is 0 Å². The molecule has 1 N–H and O–H groups in total. The molecule has 0 fully saturated rings. The Balaban J connectivity index is -0.000000579. The normalized spacial score (nSPS) is 9.58. The Labute approximate surface area is 120 Å². The van der Waals surface area contributed by atoms with Gasteiger partial charge in [0.05, 0.1) is 0 Å². The molecule has 0 bridgehead atoms. The molecule has 0 atom stereocenters. The second-order valence-corrected chi connectivity index (χ2v) is 3.04. The molecule has 0 saturated heterocycles. The lowest BCUT2D eigenvalue weighted by molar-refractivity contribution is 0.811. The largest absolute Gasteiger partial charge is 0.309 e. The summed E-state index contributed by atoms with van der Waals surface area (Å²) in [4.78, 5) is 0. The van der Waals surface area contributed by atoms with E-state index in [1.54, 1.807) is 12.2 Å². The maximum absolute atomic E-state index is 3.90. The van der Waals surface area contributed by atoms with E-state index in [2.05, 4.69) is 31.6 Å². The van der Waals surface area contributed by atoms with E-state index >= 15 is 0 Å². The quantitative estimate of drug-likeness (QED) is 0.590. The second-order valence-electron chi connectivity index (χ2n) is 3.04. The summed E-state index contributed by atoms with van der Waals surface area (Å²) >= 11 is 0. The van der Waals surface area contributed by atoms with Crippen molar-refractivity contribution >= 4 is 0 Å². The fourth-order valence-corrected chi connectivity index (χ4v) is 0.981. The van der Waals surface area contributed by atoms with Crippen LogP contribution in [-0.4, -0.2) is 13.1 Å². The van der Waals surface area contributed by atoms with Gasteiger partial charge >= 0.3 is 0 Å². The summed E-state index contributed by atoms with van der Waals surface area (Å²) in [5, 5.41) is 3.26. The minimum absolute atomic E-state index is 0.757. The Bertz CT molecular complexity index is 293. The van der Waals surface area contributed by atoms with Crippen LogP contribution in [0.2, 0.25) is 0 Å². The highest BCUT2D eigenvalue weighted by Crippen LogP contribution is 1.95. The molecule has 0 heterocycles. The fourth-order valence-electron chi connectivity index (χ4n) is 0.981. The molecule has 0 rings (SSSR count). The third-order valence-electron chi connectivity index (χ3n) is 1.74. The zero-order chi connectivity index (χ0) is 15.5. The number of nitrogens with one attached hydrogen (secondary N) is 1.